The van der Waals surface area contributed by atoms with E-state index in [-0.39, 0.29) is 35.5 Å². The zero-order valence-electron chi connectivity index (χ0n) is 9.47. The van der Waals surface area contributed by atoms with Crippen LogP contribution < -0.4 is 5.32 Å². The number of hydrogen-bond acceptors (Lipinski definition) is 4. The molecule has 18 heavy (non-hydrogen) atoms. The van der Waals surface area contributed by atoms with Crippen molar-refractivity contribution in [3.63, 3.8) is 0 Å². The summed E-state index contributed by atoms with van der Waals surface area (Å²) in [5, 5.41) is 2.75. The zero-order valence-corrected chi connectivity index (χ0v) is 11.0. The van der Waals surface area contributed by atoms with Crippen molar-refractivity contribution in [2.24, 2.45) is 0 Å². The number of amides is 1. The predicted molar refractivity (Wildman–Crippen MR) is 65.6 cm³/mol. The minimum absolute atomic E-state index is 0.0943. The second-order valence-corrected chi connectivity index (χ2v) is 6.14. The summed E-state index contributed by atoms with van der Waals surface area (Å²) in [6.45, 7) is 0.749. The quantitative estimate of drug-likeness (QED) is 0.791. The molecule has 1 aliphatic rings. The van der Waals surface area contributed by atoms with Gasteiger partial charge in [-0.3, -0.25) is 4.79 Å². The predicted octanol–water partition coefficient (Wildman–Crippen LogP) is 0.246. The molecule has 0 aliphatic carbocycles. The van der Waals surface area contributed by atoms with Crippen LogP contribution in [0.15, 0.2) is 23.2 Å². The highest BCUT2D eigenvalue weighted by molar-refractivity contribution is 7.89. The van der Waals surface area contributed by atoms with Crippen molar-refractivity contribution in [2.75, 3.05) is 19.6 Å². The van der Waals surface area contributed by atoms with Gasteiger partial charge in [0.2, 0.25) is 15.9 Å². The average Bonchev–Trinajstić information content (AvgIpc) is 2.54. The van der Waals surface area contributed by atoms with Gasteiger partial charge in [-0.2, -0.15) is 4.31 Å². The van der Waals surface area contributed by atoms with Gasteiger partial charge >= 0.3 is 0 Å². The molecule has 0 saturated carbocycles. The molecule has 1 saturated heterocycles. The van der Waals surface area contributed by atoms with E-state index >= 15 is 0 Å². The maximum Gasteiger partial charge on any atom is 0.243 e. The molecule has 8 heteroatoms. The van der Waals surface area contributed by atoms with Crippen LogP contribution >= 0.6 is 11.6 Å². The molecule has 0 spiro atoms. The fraction of sp³-hybridized carbons (Fsp3) is 0.400. The van der Waals surface area contributed by atoms with Crippen LogP contribution in [-0.2, 0) is 14.8 Å². The normalized spacial score (nSPS) is 18.2. The third-order valence-corrected chi connectivity index (χ3v) is 4.71. The largest absolute Gasteiger partial charge is 0.355 e. The number of aromatic nitrogens is 1. The number of nitrogens with zero attached hydrogens (tertiary/aromatic N) is 2. The van der Waals surface area contributed by atoms with E-state index in [2.05, 4.69) is 10.3 Å². The van der Waals surface area contributed by atoms with Gasteiger partial charge in [-0.05, 0) is 12.1 Å². The van der Waals surface area contributed by atoms with Crippen LogP contribution in [0.1, 0.15) is 6.42 Å². The summed E-state index contributed by atoms with van der Waals surface area (Å²) in [7, 11) is -3.61. The lowest BCUT2D eigenvalue weighted by molar-refractivity contribution is -0.120. The fourth-order valence-electron chi connectivity index (χ4n) is 1.68. The van der Waals surface area contributed by atoms with E-state index in [1.165, 1.54) is 22.6 Å². The Morgan fingerprint density at radius 3 is 2.89 bits per heavy atom. The standard InChI is InChI=1S/C10H12ClN3O3S/c11-9-7-8(1-3-12-9)18(16,17)14-5-2-10(15)13-4-6-14/h1,3,7H,2,4-6H2,(H,13,15). The van der Waals surface area contributed by atoms with Gasteiger partial charge in [0.25, 0.3) is 0 Å². The van der Waals surface area contributed by atoms with Crippen molar-refractivity contribution >= 4 is 27.5 Å². The Hall–Kier alpha value is -1.18. The Balaban J connectivity index is 2.28. The number of hydrogen-bond donors (Lipinski definition) is 1. The van der Waals surface area contributed by atoms with Crippen molar-refractivity contribution in [3.05, 3.63) is 23.5 Å². The minimum Gasteiger partial charge on any atom is -0.355 e. The molecular weight excluding hydrogens is 278 g/mol. The Morgan fingerprint density at radius 1 is 1.39 bits per heavy atom. The van der Waals surface area contributed by atoms with Crippen LogP contribution in [0.5, 0.6) is 0 Å². The van der Waals surface area contributed by atoms with Gasteiger partial charge in [0.1, 0.15) is 5.15 Å². The lowest BCUT2D eigenvalue weighted by atomic mass is 10.4. The van der Waals surface area contributed by atoms with Crippen LogP contribution in [0.2, 0.25) is 5.15 Å². The molecule has 98 valence electrons. The smallest absolute Gasteiger partial charge is 0.243 e. The van der Waals surface area contributed by atoms with Crippen LogP contribution in [-0.4, -0.2) is 43.2 Å². The van der Waals surface area contributed by atoms with Gasteiger partial charge in [0.05, 0.1) is 4.90 Å². The zero-order chi connectivity index (χ0) is 13.2. The molecule has 1 amide bonds. The van der Waals surface area contributed by atoms with E-state index in [1.807, 2.05) is 0 Å². The molecule has 1 aromatic heterocycles. The number of halogens is 1. The lowest BCUT2D eigenvalue weighted by Crippen LogP contribution is -2.34. The summed E-state index contributed by atoms with van der Waals surface area (Å²) in [5.41, 5.74) is 0. The molecule has 6 nitrogen and oxygen atoms in total. The molecule has 0 unspecified atom stereocenters. The first-order valence-corrected chi connectivity index (χ1v) is 7.20. The monoisotopic (exact) mass is 289 g/mol. The molecule has 1 aromatic rings. The molecule has 0 bridgehead atoms. The van der Waals surface area contributed by atoms with Gasteiger partial charge in [-0.15, -0.1) is 0 Å². The maximum atomic E-state index is 12.3. The van der Waals surface area contributed by atoms with E-state index in [4.69, 9.17) is 11.6 Å². The molecular formula is C10H12ClN3O3S. The molecule has 1 N–H and O–H groups in total. The third kappa shape index (κ3) is 2.80. The summed E-state index contributed by atoms with van der Waals surface area (Å²) in [6.07, 6.45) is 1.51. The van der Waals surface area contributed by atoms with Gasteiger partial charge in [-0.25, -0.2) is 13.4 Å². The lowest BCUT2D eigenvalue weighted by Gasteiger charge is -2.19. The van der Waals surface area contributed by atoms with E-state index < -0.39 is 10.0 Å². The van der Waals surface area contributed by atoms with Crippen molar-refractivity contribution < 1.29 is 13.2 Å². The van der Waals surface area contributed by atoms with Gasteiger partial charge < -0.3 is 5.32 Å². The molecule has 0 radical (unpaired) electrons. The van der Waals surface area contributed by atoms with Crippen molar-refractivity contribution in [3.8, 4) is 0 Å². The van der Waals surface area contributed by atoms with Crippen LogP contribution in [0.3, 0.4) is 0 Å². The van der Waals surface area contributed by atoms with E-state index in [0.29, 0.717) is 6.54 Å². The van der Waals surface area contributed by atoms with E-state index in [0.717, 1.165) is 0 Å². The topological polar surface area (TPSA) is 79.4 Å². The number of carbonyl (C=O) groups is 1. The number of nitrogens with one attached hydrogen (secondary N) is 1. The molecule has 0 aromatic carbocycles. The summed E-state index contributed by atoms with van der Waals surface area (Å²) in [6, 6.07) is 2.69. The fourth-order valence-corrected chi connectivity index (χ4v) is 3.37. The maximum absolute atomic E-state index is 12.3. The molecule has 0 atom stereocenters. The summed E-state index contributed by atoms with van der Waals surface area (Å²) < 4.78 is 25.9. The van der Waals surface area contributed by atoms with Crippen LogP contribution in [0.4, 0.5) is 0 Å². The molecule has 2 rings (SSSR count). The summed E-state index contributed by atoms with van der Waals surface area (Å²) in [5.74, 6) is -0.138. The number of rotatable bonds is 2. The highest BCUT2D eigenvalue weighted by Crippen LogP contribution is 2.18. The second-order valence-electron chi connectivity index (χ2n) is 3.82. The highest BCUT2D eigenvalue weighted by atomic mass is 35.5. The first-order valence-electron chi connectivity index (χ1n) is 5.38. The molecule has 1 aliphatic heterocycles. The van der Waals surface area contributed by atoms with Crippen molar-refractivity contribution in [1.82, 2.24) is 14.6 Å². The second kappa shape index (κ2) is 5.21. The van der Waals surface area contributed by atoms with Crippen molar-refractivity contribution in [2.45, 2.75) is 11.3 Å². The van der Waals surface area contributed by atoms with E-state index in [9.17, 15) is 13.2 Å². The Morgan fingerprint density at radius 2 is 2.17 bits per heavy atom. The van der Waals surface area contributed by atoms with Crippen LogP contribution in [0.25, 0.3) is 0 Å². The molecule has 1 fully saturated rings. The Bertz CT molecular complexity index is 561. The summed E-state index contributed by atoms with van der Waals surface area (Å²) >= 11 is 5.68. The Labute approximate surface area is 110 Å². The van der Waals surface area contributed by atoms with E-state index in [1.54, 1.807) is 0 Å². The summed E-state index contributed by atoms with van der Waals surface area (Å²) in [4.78, 5) is 15.0. The number of pyridine rings is 1. The van der Waals surface area contributed by atoms with Gasteiger partial charge in [0.15, 0.2) is 0 Å². The average molecular weight is 290 g/mol. The van der Waals surface area contributed by atoms with Gasteiger partial charge in [-0.1, -0.05) is 11.6 Å². The number of carbonyl (C=O) groups excluding carboxylic acids is 1. The minimum atomic E-state index is -3.61. The number of sulfonamides is 1. The Kier molecular flexibility index (Phi) is 3.84. The van der Waals surface area contributed by atoms with Crippen LogP contribution in [0, 0.1) is 0 Å². The van der Waals surface area contributed by atoms with Gasteiger partial charge in [0, 0.05) is 32.3 Å². The third-order valence-electron chi connectivity index (χ3n) is 2.61. The highest BCUT2D eigenvalue weighted by Gasteiger charge is 2.26. The first-order chi connectivity index (χ1) is 8.50. The molecule has 2 heterocycles. The SMILES string of the molecule is O=C1CCN(S(=O)(=O)c2ccnc(Cl)c2)CCN1. The van der Waals surface area contributed by atoms with Crippen molar-refractivity contribution in [1.29, 1.82) is 0 Å². The first kappa shape index (κ1) is 13.3.